The Labute approximate surface area is 146 Å². The largest absolute Gasteiger partial charge is 0.490 e. The van der Waals surface area contributed by atoms with Crippen molar-refractivity contribution in [1.29, 1.82) is 0 Å². The van der Waals surface area contributed by atoms with Gasteiger partial charge in [0.2, 0.25) is 0 Å². The maximum atomic E-state index is 11.2. The minimum absolute atomic E-state index is 0.379. The summed E-state index contributed by atoms with van der Waals surface area (Å²) in [6.07, 6.45) is 2.99. The SMILES string of the molecule is CCOc1cc(/C=C/C(=O)NN)ccc1OCc1ccc(Cl)cc1. The highest BCUT2D eigenvalue weighted by atomic mass is 35.5. The summed E-state index contributed by atoms with van der Waals surface area (Å²) >= 11 is 5.87. The molecular weight excluding hydrogens is 328 g/mol. The van der Waals surface area contributed by atoms with Crippen molar-refractivity contribution in [2.45, 2.75) is 13.5 Å². The van der Waals surface area contributed by atoms with Gasteiger partial charge in [0, 0.05) is 11.1 Å². The van der Waals surface area contributed by atoms with Crippen molar-refractivity contribution in [1.82, 2.24) is 5.43 Å². The van der Waals surface area contributed by atoms with Gasteiger partial charge in [-0.2, -0.15) is 0 Å². The van der Waals surface area contributed by atoms with E-state index in [2.05, 4.69) is 0 Å². The van der Waals surface area contributed by atoms with Crippen LogP contribution in [0.3, 0.4) is 0 Å². The third kappa shape index (κ3) is 5.30. The zero-order valence-corrected chi connectivity index (χ0v) is 14.0. The number of hydrazine groups is 1. The minimum atomic E-state index is -0.379. The molecule has 24 heavy (non-hydrogen) atoms. The minimum Gasteiger partial charge on any atom is -0.490 e. The summed E-state index contributed by atoms with van der Waals surface area (Å²) in [6, 6.07) is 12.9. The van der Waals surface area contributed by atoms with Crippen LogP contribution in [0.15, 0.2) is 48.5 Å². The van der Waals surface area contributed by atoms with E-state index in [1.165, 1.54) is 6.08 Å². The van der Waals surface area contributed by atoms with Crippen LogP contribution < -0.4 is 20.7 Å². The van der Waals surface area contributed by atoms with Gasteiger partial charge in [0.25, 0.3) is 5.91 Å². The zero-order chi connectivity index (χ0) is 17.4. The second kappa shape index (κ2) is 8.96. The van der Waals surface area contributed by atoms with E-state index in [4.69, 9.17) is 26.9 Å². The molecule has 0 radical (unpaired) electrons. The summed E-state index contributed by atoms with van der Waals surface area (Å²) in [5.41, 5.74) is 3.85. The van der Waals surface area contributed by atoms with Crippen molar-refractivity contribution in [2.75, 3.05) is 6.61 Å². The van der Waals surface area contributed by atoms with Crippen molar-refractivity contribution in [3.05, 3.63) is 64.7 Å². The van der Waals surface area contributed by atoms with Gasteiger partial charge in [-0.15, -0.1) is 0 Å². The Morgan fingerprint density at radius 1 is 1.17 bits per heavy atom. The molecule has 0 aromatic heterocycles. The number of halogens is 1. The fraction of sp³-hybridized carbons (Fsp3) is 0.167. The number of carbonyl (C=O) groups is 1. The van der Waals surface area contributed by atoms with Gasteiger partial charge in [0.15, 0.2) is 11.5 Å². The molecule has 1 amide bonds. The van der Waals surface area contributed by atoms with Gasteiger partial charge in [-0.05, 0) is 48.4 Å². The lowest BCUT2D eigenvalue weighted by Crippen LogP contribution is -2.27. The van der Waals surface area contributed by atoms with Crippen LogP contribution in [0.1, 0.15) is 18.1 Å². The monoisotopic (exact) mass is 346 g/mol. The highest BCUT2D eigenvalue weighted by Crippen LogP contribution is 2.30. The predicted molar refractivity (Wildman–Crippen MR) is 94.8 cm³/mol. The Hall–Kier alpha value is -2.50. The third-order valence-electron chi connectivity index (χ3n) is 3.14. The maximum Gasteiger partial charge on any atom is 0.257 e. The molecule has 5 nitrogen and oxygen atoms in total. The molecule has 2 aromatic carbocycles. The molecule has 0 aliphatic rings. The van der Waals surface area contributed by atoms with Gasteiger partial charge in [-0.25, -0.2) is 5.84 Å². The molecule has 0 aliphatic carbocycles. The number of rotatable bonds is 7. The van der Waals surface area contributed by atoms with Crippen LogP contribution in [0.4, 0.5) is 0 Å². The van der Waals surface area contributed by atoms with E-state index >= 15 is 0 Å². The molecule has 0 spiro atoms. The van der Waals surface area contributed by atoms with Gasteiger partial charge in [-0.3, -0.25) is 10.2 Å². The van der Waals surface area contributed by atoms with E-state index in [0.29, 0.717) is 29.7 Å². The fourth-order valence-corrected chi connectivity index (χ4v) is 2.10. The first-order valence-electron chi connectivity index (χ1n) is 7.45. The Balaban J connectivity index is 2.12. The lowest BCUT2D eigenvalue weighted by Gasteiger charge is -2.13. The number of amides is 1. The Morgan fingerprint density at radius 2 is 1.92 bits per heavy atom. The lowest BCUT2D eigenvalue weighted by molar-refractivity contribution is -0.116. The molecule has 0 saturated carbocycles. The number of nitrogens with one attached hydrogen (secondary N) is 1. The van der Waals surface area contributed by atoms with E-state index < -0.39 is 0 Å². The first-order chi connectivity index (χ1) is 11.6. The summed E-state index contributed by atoms with van der Waals surface area (Å²) in [4.78, 5) is 11.2. The molecule has 2 aromatic rings. The first-order valence-corrected chi connectivity index (χ1v) is 7.83. The number of ether oxygens (including phenoxy) is 2. The average Bonchev–Trinajstić information content (AvgIpc) is 2.60. The van der Waals surface area contributed by atoms with E-state index in [1.54, 1.807) is 18.2 Å². The first kappa shape index (κ1) is 17.8. The van der Waals surface area contributed by atoms with Gasteiger partial charge in [0.05, 0.1) is 6.61 Å². The summed E-state index contributed by atoms with van der Waals surface area (Å²) < 4.78 is 11.4. The van der Waals surface area contributed by atoms with Gasteiger partial charge in [0.1, 0.15) is 6.61 Å². The molecule has 3 N–H and O–H groups in total. The smallest absolute Gasteiger partial charge is 0.257 e. The average molecular weight is 347 g/mol. The highest BCUT2D eigenvalue weighted by molar-refractivity contribution is 6.30. The van der Waals surface area contributed by atoms with Crippen molar-refractivity contribution in [3.63, 3.8) is 0 Å². The van der Waals surface area contributed by atoms with Crippen LogP contribution in [-0.2, 0) is 11.4 Å². The van der Waals surface area contributed by atoms with Crippen LogP contribution in [0.2, 0.25) is 5.02 Å². The normalized spacial score (nSPS) is 10.6. The molecule has 126 valence electrons. The van der Waals surface area contributed by atoms with Crippen LogP contribution in [0.5, 0.6) is 11.5 Å². The summed E-state index contributed by atoms with van der Waals surface area (Å²) in [7, 11) is 0. The maximum absolute atomic E-state index is 11.2. The van der Waals surface area contributed by atoms with E-state index in [0.717, 1.165) is 11.1 Å². The molecule has 0 unspecified atom stereocenters. The fourth-order valence-electron chi connectivity index (χ4n) is 1.98. The molecule has 0 bridgehead atoms. The molecule has 0 aliphatic heterocycles. The molecule has 0 atom stereocenters. The van der Waals surface area contributed by atoms with Crippen LogP contribution >= 0.6 is 11.6 Å². The number of nitrogens with two attached hydrogens (primary N) is 1. The van der Waals surface area contributed by atoms with Crippen LogP contribution in [-0.4, -0.2) is 12.5 Å². The van der Waals surface area contributed by atoms with E-state index in [9.17, 15) is 4.79 Å². The summed E-state index contributed by atoms with van der Waals surface area (Å²) in [6.45, 7) is 2.81. The van der Waals surface area contributed by atoms with E-state index in [-0.39, 0.29) is 5.91 Å². The second-order valence-corrected chi connectivity index (χ2v) is 5.33. The van der Waals surface area contributed by atoms with Crippen molar-refractivity contribution in [2.24, 2.45) is 5.84 Å². The number of hydrogen-bond donors (Lipinski definition) is 2. The molecule has 6 heteroatoms. The molecule has 0 fully saturated rings. The zero-order valence-electron chi connectivity index (χ0n) is 13.3. The van der Waals surface area contributed by atoms with Crippen molar-refractivity contribution in [3.8, 4) is 11.5 Å². The predicted octanol–water partition coefficient (Wildman–Crippen LogP) is 3.32. The summed E-state index contributed by atoms with van der Waals surface area (Å²) in [5.74, 6) is 5.90. The van der Waals surface area contributed by atoms with Crippen molar-refractivity contribution < 1.29 is 14.3 Å². The van der Waals surface area contributed by atoms with Crippen LogP contribution in [0.25, 0.3) is 6.08 Å². The number of carbonyl (C=O) groups excluding carboxylic acids is 1. The Bertz CT molecular complexity index is 715. The quantitative estimate of drug-likeness (QED) is 0.349. The summed E-state index contributed by atoms with van der Waals surface area (Å²) in [5, 5.41) is 0.686. The lowest BCUT2D eigenvalue weighted by atomic mass is 10.2. The van der Waals surface area contributed by atoms with Gasteiger partial charge >= 0.3 is 0 Å². The van der Waals surface area contributed by atoms with Gasteiger partial charge in [-0.1, -0.05) is 29.8 Å². The van der Waals surface area contributed by atoms with E-state index in [1.807, 2.05) is 42.7 Å². The molecular formula is C18H19ClN2O3. The van der Waals surface area contributed by atoms with Crippen LogP contribution in [0, 0.1) is 0 Å². The topological polar surface area (TPSA) is 73.6 Å². The highest BCUT2D eigenvalue weighted by Gasteiger charge is 2.06. The molecule has 0 heterocycles. The molecule has 2 rings (SSSR count). The number of hydrogen-bond acceptors (Lipinski definition) is 4. The molecule has 0 saturated heterocycles. The Kier molecular flexibility index (Phi) is 6.66. The third-order valence-corrected chi connectivity index (χ3v) is 3.40. The standard InChI is InChI=1S/C18H19ClN2O3/c1-2-23-17-11-13(6-10-18(22)21-20)5-9-16(17)24-12-14-3-7-15(19)8-4-14/h3-11H,2,12,20H2,1H3,(H,21,22)/b10-6+. The Morgan fingerprint density at radius 3 is 2.58 bits per heavy atom. The number of benzene rings is 2. The second-order valence-electron chi connectivity index (χ2n) is 4.90. The van der Waals surface area contributed by atoms with Gasteiger partial charge < -0.3 is 9.47 Å². The van der Waals surface area contributed by atoms with Crippen molar-refractivity contribution >= 4 is 23.6 Å².